The summed E-state index contributed by atoms with van der Waals surface area (Å²) in [5.41, 5.74) is 4.10. The summed E-state index contributed by atoms with van der Waals surface area (Å²) in [7, 11) is -3.76. The molecule has 1 heterocycles. The molecule has 0 amide bonds. The Kier molecular flexibility index (Phi) is 4.15. The smallest absolute Gasteiger partial charge is 0.264 e. The van der Waals surface area contributed by atoms with E-state index in [1.807, 2.05) is 44.2 Å². The van der Waals surface area contributed by atoms with E-state index in [1.165, 1.54) is 6.20 Å². The number of aromatic nitrogens is 1. The van der Waals surface area contributed by atoms with Crippen molar-refractivity contribution in [2.45, 2.75) is 25.7 Å². The molecule has 2 aromatic carbocycles. The van der Waals surface area contributed by atoms with E-state index in [0.29, 0.717) is 11.1 Å². The van der Waals surface area contributed by atoms with E-state index in [1.54, 1.807) is 19.1 Å². The first-order chi connectivity index (χ1) is 11.4. The maximum Gasteiger partial charge on any atom is 0.264 e. The maximum atomic E-state index is 12.7. The molecule has 24 heavy (non-hydrogen) atoms. The predicted octanol–water partition coefficient (Wildman–Crippen LogP) is 4.07. The summed E-state index contributed by atoms with van der Waals surface area (Å²) in [5.74, 6) is 0.111. The van der Waals surface area contributed by atoms with Gasteiger partial charge >= 0.3 is 0 Å². The van der Waals surface area contributed by atoms with Gasteiger partial charge in [0, 0.05) is 0 Å². The third-order valence-corrected chi connectivity index (χ3v) is 5.27. The number of benzene rings is 2. The SMILES string of the molecule is Cc1ccc(-c2cnoc2NS(=O)(=O)c2cc(C)ccc2C)cc1. The van der Waals surface area contributed by atoms with Gasteiger partial charge in [0.15, 0.2) is 0 Å². The van der Waals surface area contributed by atoms with Crippen LogP contribution in [0.4, 0.5) is 5.88 Å². The van der Waals surface area contributed by atoms with Crippen LogP contribution >= 0.6 is 0 Å². The largest absolute Gasteiger partial charge is 0.337 e. The lowest BCUT2D eigenvalue weighted by Crippen LogP contribution is -2.14. The van der Waals surface area contributed by atoms with E-state index in [9.17, 15) is 8.42 Å². The number of aryl methyl sites for hydroxylation is 3. The molecule has 0 aliphatic rings. The molecule has 0 fully saturated rings. The summed E-state index contributed by atoms with van der Waals surface area (Å²) in [5, 5.41) is 3.74. The summed E-state index contributed by atoms with van der Waals surface area (Å²) in [6, 6.07) is 13.0. The summed E-state index contributed by atoms with van der Waals surface area (Å²) < 4.78 is 33.1. The first kappa shape index (κ1) is 16.3. The average Bonchev–Trinajstić information content (AvgIpc) is 2.97. The Balaban J connectivity index is 1.99. The van der Waals surface area contributed by atoms with Crippen LogP contribution in [0.1, 0.15) is 16.7 Å². The van der Waals surface area contributed by atoms with Gasteiger partial charge in [-0.2, -0.15) is 0 Å². The van der Waals surface area contributed by atoms with Crippen molar-refractivity contribution in [1.82, 2.24) is 5.16 Å². The molecule has 0 radical (unpaired) electrons. The van der Waals surface area contributed by atoms with Crippen LogP contribution in [-0.4, -0.2) is 13.6 Å². The zero-order chi connectivity index (χ0) is 17.3. The fraction of sp³-hybridized carbons (Fsp3) is 0.167. The van der Waals surface area contributed by atoms with E-state index >= 15 is 0 Å². The van der Waals surface area contributed by atoms with Crippen molar-refractivity contribution < 1.29 is 12.9 Å². The van der Waals surface area contributed by atoms with E-state index in [2.05, 4.69) is 9.88 Å². The average molecular weight is 342 g/mol. The number of sulfonamides is 1. The van der Waals surface area contributed by atoms with Crippen molar-refractivity contribution >= 4 is 15.9 Å². The lowest BCUT2D eigenvalue weighted by Gasteiger charge is -2.10. The van der Waals surface area contributed by atoms with Crippen LogP contribution < -0.4 is 4.72 Å². The van der Waals surface area contributed by atoms with Crippen molar-refractivity contribution in [3.8, 4) is 11.1 Å². The van der Waals surface area contributed by atoms with Gasteiger partial charge in [-0.1, -0.05) is 47.1 Å². The van der Waals surface area contributed by atoms with Crippen LogP contribution in [0.2, 0.25) is 0 Å². The van der Waals surface area contributed by atoms with Crippen molar-refractivity contribution in [2.24, 2.45) is 0 Å². The second-order valence-electron chi connectivity index (χ2n) is 5.81. The van der Waals surface area contributed by atoms with Crippen LogP contribution in [-0.2, 0) is 10.0 Å². The fourth-order valence-corrected chi connectivity index (χ4v) is 3.76. The number of nitrogens with zero attached hydrogens (tertiary/aromatic N) is 1. The fourth-order valence-electron chi connectivity index (χ4n) is 2.43. The molecule has 0 aliphatic carbocycles. The topological polar surface area (TPSA) is 72.2 Å². The third kappa shape index (κ3) is 3.19. The molecule has 0 saturated carbocycles. The van der Waals surface area contributed by atoms with Crippen LogP contribution in [0.5, 0.6) is 0 Å². The first-order valence-corrected chi connectivity index (χ1v) is 8.97. The zero-order valence-electron chi connectivity index (χ0n) is 13.7. The molecule has 1 aromatic heterocycles. The van der Waals surface area contributed by atoms with Gasteiger partial charge in [0.2, 0.25) is 5.88 Å². The highest BCUT2D eigenvalue weighted by atomic mass is 32.2. The lowest BCUT2D eigenvalue weighted by molar-refractivity contribution is 0.435. The third-order valence-electron chi connectivity index (χ3n) is 3.79. The molecule has 0 spiro atoms. The Hall–Kier alpha value is -2.60. The summed E-state index contributed by atoms with van der Waals surface area (Å²) in [6.07, 6.45) is 1.51. The quantitative estimate of drug-likeness (QED) is 0.776. The van der Waals surface area contributed by atoms with Crippen LogP contribution in [0.15, 0.2) is 58.1 Å². The van der Waals surface area contributed by atoms with E-state index in [-0.39, 0.29) is 10.8 Å². The molecular formula is C18H18N2O3S. The molecule has 0 bridgehead atoms. The van der Waals surface area contributed by atoms with Crippen molar-refractivity contribution in [1.29, 1.82) is 0 Å². The van der Waals surface area contributed by atoms with E-state index < -0.39 is 10.0 Å². The van der Waals surface area contributed by atoms with Gasteiger partial charge in [0.1, 0.15) is 0 Å². The van der Waals surface area contributed by atoms with Gasteiger partial charge in [-0.15, -0.1) is 0 Å². The first-order valence-electron chi connectivity index (χ1n) is 7.48. The second-order valence-corrected chi connectivity index (χ2v) is 7.46. The number of hydrogen-bond donors (Lipinski definition) is 1. The molecule has 3 aromatic rings. The summed E-state index contributed by atoms with van der Waals surface area (Å²) in [4.78, 5) is 0.230. The molecule has 0 saturated heterocycles. The van der Waals surface area contributed by atoms with Gasteiger partial charge in [0.25, 0.3) is 10.0 Å². The molecule has 5 nitrogen and oxygen atoms in total. The normalized spacial score (nSPS) is 11.5. The van der Waals surface area contributed by atoms with Crippen LogP contribution in [0, 0.1) is 20.8 Å². The number of rotatable bonds is 4. The van der Waals surface area contributed by atoms with Crippen molar-refractivity contribution in [2.75, 3.05) is 4.72 Å². The van der Waals surface area contributed by atoms with Gasteiger partial charge in [-0.25, -0.2) is 13.1 Å². The highest BCUT2D eigenvalue weighted by Gasteiger charge is 2.21. The Bertz CT molecular complexity index is 974. The van der Waals surface area contributed by atoms with Crippen molar-refractivity contribution in [3.05, 3.63) is 65.4 Å². The standard InChI is InChI=1S/C18H18N2O3S/c1-12-5-8-15(9-6-12)16-11-19-23-18(16)20-24(21,22)17-10-13(2)4-7-14(17)3/h4-11,20H,1-3H3. The minimum atomic E-state index is -3.76. The van der Waals surface area contributed by atoms with E-state index in [0.717, 1.165) is 16.7 Å². The number of anilines is 1. The predicted molar refractivity (Wildman–Crippen MR) is 93.4 cm³/mol. The van der Waals surface area contributed by atoms with Gasteiger partial charge in [0.05, 0.1) is 16.7 Å². The highest BCUT2D eigenvalue weighted by Crippen LogP contribution is 2.30. The van der Waals surface area contributed by atoms with Crippen LogP contribution in [0.3, 0.4) is 0 Å². The minimum absolute atomic E-state index is 0.111. The molecule has 124 valence electrons. The Morgan fingerprint density at radius 3 is 2.33 bits per heavy atom. The molecular weight excluding hydrogens is 324 g/mol. The number of nitrogens with one attached hydrogen (secondary N) is 1. The highest BCUT2D eigenvalue weighted by molar-refractivity contribution is 7.92. The van der Waals surface area contributed by atoms with Gasteiger partial charge in [-0.3, -0.25) is 0 Å². The monoisotopic (exact) mass is 342 g/mol. The molecule has 0 aliphatic heterocycles. The summed E-state index contributed by atoms with van der Waals surface area (Å²) >= 11 is 0. The molecule has 1 N–H and O–H groups in total. The van der Waals surface area contributed by atoms with E-state index in [4.69, 9.17) is 4.52 Å². The Morgan fingerprint density at radius 2 is 1.62 bits per heavy atom. The Morgan fingerprint density at radius 1 is 0.958 bits per heavy atom. The number of hydrogen-bond acceptors (Lipinski definition) is 4. The maximum absolute atomic E-state index is 12.7. The van der Waals surface area contributed by atoms with Crippen LogP contribution in [0.25, 0.3) is 11.1 Å². The molecule has 6 heteroatoms. The second kappa shape index (κ2) is 6.13. The molecule has 3 rings (SSSR count). The summed E-state index contributed by atoms with van der Waals surface area (Å²) in [6.45, 7) is 5.60. The van der Waals surface area contributed by atoms with Gasteiger partial charge < -0.3 is 4.52 Å². The minimum Gasteiger partial charge on any atom is -0.337 e. The van der Waals surface area contributed by atoms with Crippen molar-refractivity contribution in [3.63, 3.8) is 0 Å². The van der Waals surface area contributed by atoms with Gasteiger partial charge in [-0.05, 0) is 43.5 Å². The molecule has 0 atom stereocenters. The Labute approximate surface area is 141 Å². The zero-order valence-corrected chi connectivity index (χ0v) is 14.5. The molecule has 0 unspecified atom stereocenters. The lowest BCUT2D eigenvalue weighted by atomic mass is 10.1.